The highest BCUT2D eigenvalue weighted by atomic mass is 32.2. The zero-order valence-corrected chi connectivity index (χ0v) is 9.18. The number of hydrogen-bond acceptors (Lipinski definition) is 3. The number of rotatable bonds is 5. The van der Waals surface area contributed by atoms with Crippen LogP contribution in [0, 0.1) is 5.41 Å². The lowest BCUT2D eigenvalue weighted by Crippen LogP contribution is -2.33. The van der Waals surface area contributed by atoms with Crippen LogP contribution in [0.1, 0.15) is 12.8 Å². The molecule has 0 aromatic carbocycles. The van der Waals surface area contributed by atoms with Crippen LogP contribution in [0.25, 0.3) is 0 Å². The molecule has 0 bridgehead atoms. The van der Waals surface area contributed by atoms with Gasteiger partial charge in [0.15, 0.2) is 0 Å². The maximum Gasteiger partial charge on any atom is 0.242 e. The first-order valence-electron chi connectivity index (χ1n) is 4.91. The third-order valence-corrected chi connectivity index (χ3v) is 4.31. The Kier molecular flexibility index (Phi) is 2.57. The smallest absolute Gasteiger partial charge is 0.242 e. The van der Waals surface area contributed by atoms with E-state index >= 15 is 0 Å². The number of sulfonamides is 1. The van der Waals surface area contributed by atoms with Crippen LogP contribution in [-0.4, -0.2) is 26.5 Å². The first-order valence-corrected chi connectivity index (χ1v) is 6.39. The molecule has 0 radical (unpaired) electrons. The molecule has 0 atom stereocenters. The molecular formula is C9H15N3O2S. The normalized spacial score (nSPS) is 19.0. The van der Waals surface area contributed by atoms with Crippen molar-refractivity contribution in [2.45, 2.75) is 17.7 Å². The monoisotopic (exact) mass is 229 g/mol. The molecule has 1 aromatic rings. The Balaban J connectivity index is 2.00. The third kappa shape index (κ3) is 2.22. The number of nitrogens with one attached hydrogen (secondary N) is 2. The van der Waals surface area contributed by atoms with E-state index in [1.54, 1.807) is 6.20 Å². The van der Waals surface area contributed by atoms with Gasteiger partial charge in [0.05, 0.1) is 4.90 Å². The van der Waals surface area contributed by atoms with Crippen LogP contribution >= 0.6 is 0 Å². The molecule has 1 fully saturated rings. The highest BCUT2D eigenvalue weighted by Gasteiger charge is 2.41. The van der Waals surface area contributed by atoms with Crippen molar-refractivity contribution in [3.05, 3.63) is 18.5 Å². The topological polar surface area (TPSA) is 88.0 Å². The van der Waals surface area contributed by atoms with Gasteiger partial charge in [-0.15, -0.1) is 0 Å². The van der Waals surface area contributed by atoms with Crippen LogP contribution in [0.2, 0.25) is 0 Å². The molecule has 0 amide bonds. The van der Waals surface area contributed by atoms with Crippen molar-refractivity contribution < 1.29 is 8.42 Å². The number of nitrogens with two attached hydrogens (primary N) is 1. The summed E-state index contributed by atoms with van der Waals surface area (Å²) in [5, 5.41) is 0. The van der Waals surface area contributed by atoms with Crippen LogP contribution in [0.5, 0.6) is 0 Å². The summed E-state index contributed by atoms with van der Waals surface area (Å²) in [4.78, 5) is 2.99. The van der Waals surface area contributed by atoms with Crippen molar-refractivity contribution in [3.8, 4) is 0 Å². The van der Waals surface area contributed by atoms with Crippen LogP contribution in [0.4, 0.5) is 0 Å². The average Bonchev–Trinajstić information content (AvgIpc) is 2.77. The number of H-pyrrole nitrogens is 1. The van der Waals surface area contributed by atoms with Gasteiger partial charge >= 0.3 is 0 Å². The number of aromatic amines is 1. The van der Waals surface area contributed by atoms with Crippen LogP contribution in [0.15, 0.2) is 23.4 Å². The Bertz CT molecular complexity index is 420. The van der Waals surface area contributed by atoms with E-state index in [-0.39, 0.29) is 10.3 Å². The Hall–Kier alpha value is -0.850. The molecule has 0 aliphatic heterocycles. The van der Waals surface area contributed by atoms with Gasteiger partial charge in [-0.2, -0.15) is 0 Å². The number of hydrogen-bond donors (Lipinski definition) is 3. The van der Waals surface area contributed by atoms with E-state index in [0.29, 0.717) is 13.1 Å². The van der Waals surface area contributed by atoms with Gasteiger partial charge in [0.1, 0.15) is 0 Å². The molecule has 84 valence electrons. The van der Waals surface area contributed by atoms with Crippen molar-refractivity contribution in [2.75, 3.05) is 13.1 Å². The predicted molar refractivity (Wildman–Crippen MR) is 56.7 cm³/mol. The van der Waals surface area contributed by atoms with Gasteiger partial charge in [-0.3, -0.25) is 0 Å². The molecule has 4 N–H and O–H groups in total. The van der Waals surface area contributed by atoms with Crippen molar-refractivity contribution in [1.29, 1.82) is 0 Å². The largest absolute Gasteiger partial charge is 0.366 e. The van der Waals surface area contributed by atoms with E-state index in [9.17, 15) is 8.42 Å². The fourth-order valence-electron chi connectivity index (χ4n) is 1.44. The molecule has 15 heavy (non-hydrogen) atoms. The zero-order valence-electron chi connectivity index (χ0n) is 8.36. The van der Waals surface area contributed by atoms with Gasteiger partial charge in [0, 0.05) is 18.9 Å². The molecule has 1 aromatic heterocycles. The standard InChI is InChI=1S/C9H15N3O2S/c10-6-9(2-3-9)7-12-15(13,14)8-1-4-11-5-8/h1,4-5,11-12H,2-3,6-7,10H2. The van der Waals surface area contributed by atoms with Crippen molar-refractivity contribution in [3.63, 3.8) is 0 Å². The molecule has 1 heterocycles. The van der Waals surface area contributed by atoms with Gasteiger partial charge in [0.25, 0.3) is 0 Å². The van der Waals surface area contributed by atoms with Crippen LogP contribution in [-0.2, 0) is 10.0 Å². The van der Waals surface area contributed by atoms with E-state index in [4.69, 9.17) is 5.73 Å². The quantitative estimate of drug-likeness (QED) is 0.665. The molecule has 0 unspecified atom stereocenters. The maximum absolute atomic E-state index is 11.7. The van der Waals surface area contributed by atoms with Crippen molar-refractivity contribution >= 4 is 10.0 Å². The van der Waals surface area contributed by atoms with E-state index in [2.05, 4.69) is 9.71 Å². The molecular weight excluding hydrogens is 214 g/mol. The lowest BCUT2D eigenvalue weighted by atomic mass is 10.1. The number of aromatic nitrogens is 1. The second kappa shape index (κ2) is 3.62. The molecule has 6 heteroatoms. The highest BCUT2D eigenvalue weighted by Crippen LogP contribution is 2.43. The van der Waals surface area contributed by atoms with Crippen LogP contribution in [0.3, 0.4) is 0 Å². The van der Waals surface area contributed by atoms with Gasteiger partial charge in [0.2, 0.25) is 10.0 Å². The minimum atomic E-state index is -3.36. The molecule has 1 aliphatic rings. The maximum atomic E-state index is 11.7. The molecule has 0 spiro atoms. The SMILES string of the molecule is NCC1(CNS(=O)(=O)c2cc[nH]c2)CC1. The molecule has 5 nitrogen and oxygen atoms in total. The third-order valence-electron chi connectivity index (χ3n) is 2.91. The summed E-state index contributed by atoms with van der Waals surface area (Å²) in [6.07, 6.45) is 5.08. The fourth-order valence-corrected chi connectivity index (χ4v) is 2.57. The Morgan fingerprint density at radius 2 is 2.27 bits per heavy atom. The van der Waals surface area contributed by atoms with E-state index < -0.39 is 10.0 Å². The zero-order chi connectivity index (χ0) is 10.9. The minimum Gasteiger partial charge on any atom is -0.366 e. The van der Waals surface area contributed by atoms with Gasteiger partial charge in [-0.05, 0) is 30.9 Å². The summed E-state index contributed by atoms with van der Waals surface area (Å²) in [6, 6.07) is 1.53. The second-order valence-corrected chi connectivity index (χ2v) is 5.84. The summed E-state index contributed by atoms with van der Waals surface area (Å²) < 4.78 is 26.0. The minimum absolute atomic E-state index is 0.0172. The Labute approximate surface area is 89.1 Å². The van der Waals surface area contributed by atoms with E-state index in [1.807, 2.05) is 0 Å². The first-order chi connectivity index (χ1) is 7.08. The summed E-state index contributed by atoms with van der Waals surface area (Å²) in [6.45, 7) is 0.986. The van der Waals surface area contributed by atoms with Gasteiger partial charge in [-0.1, -0.05) is 0 Å². The summed E-state index contributed by atoms with van der Waals surface area (Å²) >= 11 is 0. The van der Waals surface area contributed by atoms with Crippen molar-refractivity contribution in [1.82, 2.24) is 9.71 Å². The van der Waals surface area contributed by atoms with E-state index in [1.165, 1.54) is 12.3 Å². The Morgan fingerprint density at radius 3 is 2.73 bits per heavy atom. The first kappa shape index (κ1) is 10.7. The lowest BCUT2D eigenvalue weighted by molar-refractivity contribution is 0.501. The fraction of sp³-hybridized carbons (Fsp3) is 0.556. The van der Waals surface area contributed by atoms with E-state index in [0.717, 1.165) is 12.8 Å². The summed E-state index contributed by atoms with van der Waals surface area (Å²) in [5.41, 5.74) is 5.59. The van der Waals surface area contributed by atoms with Gasteiger partial charge < -0.3 is 10.7 Å². The molecule has 0 saturated heterocycles. The second-order valence-electron chi connectivity index (χ2n) is 4.08. The lowest BCUT2D eigenvalue weighted by Gasteiger charge is -2.12. The Morgan fingerprint density at radius 1 is 1.53 bits per heavy atom. The molecule has 1 saturated carbocycles. The molecule has 2 rings (SSSR count). The van der Waals surface area contributed by atoms with Gasteiger partial charge in [-0.25, -0.2) is 13.1 Å². The highest BCUT2D eigenvalue weighted by molar-refractivity contribution is 7.89. The predicted octanol–water partition coefficient (Wildman–Crippen LogP) is 0.0319. The van der Waals surface area contributed by atoms with Crippen LogP contribution < -0.4 is 10.5 Å². The average molecular weight is 229 g/mol. The summed E-state index contributed by atoms with van der Waals surface area (Å²) in [5.74, 6) is 0. The molecule has 1 aliphatic carbocycles. The van der Waals surface area contributed by atoms with Crippen molar-refractivity contribution in [2.24, 2.45) is 11.1 Å². The summed E-state index contributed by atoms with van der Waals surface area (Å²) in [7, 11) is -3.36.